The van der Waals surface area contributed by atoms with Crippen LogP contribution < -0.4 is 4.74 Å². The van der Waals surface area contributed by atoms with E-state index >= 15 is 8.78 Å². The van der Waals surface area contributed by atoms with Crippen molar-refractivity contribution >= 4 is 0 Å². The van der Waals surface area contributed by atoms with E-state index in [0.29, 0.717) is 36.3 Å². The third kappa shape index (κ3) is 6.07. The van der Waals surface area contributed by atoms with Gasteiger partial charge >= 0.3 is 0 Å². The summed E-state index contributed by atoms with van der Waals surface area (Å²) in [5.74, 6) is -4.17. The molecule has 0 saturated carbocycles. The first-order valence-corrected chi connectivity index (χ1v) is 12.9. The molecule has 6 heteroatoms. The van der Waals surface area contributed by atoms with Crippen LogP contribution in [0.5, 0.6) is 5.75 Å². The molecule has 1 heterocycles. The van der Waals surface area contributed by atoms with Gasteiger partial charge in [0.25, 0.3) is 0 Å². The molecule has 0 aromatic heterocycles. The minimum absolute atomic E-state index is 0.0137. The Kier molecular flexibility index (Phi) is 9.04. The Labute approximate surface area is 215 Å². The fraction of sp³-hybridized carbons (Fsp3) is 0.355. The molecular weight excluding hydrogens is 480 g/mol. The van der Waals surface area contributed by atoms with Crippen LogP contribution in [-0.4, -0.2) is 19.3 Å². The standard InChI is InChI=1S/C31H32F4O2/c1-3-5-6-18-36-27-17-16-25(30(34)31(27)35)21-10-8-20(9-11-21)24-14-15-26(29(33)28(24)32)22-12-13-23(7-4-2)37-19-22/h4,7-11,14-17,22-23H,3,5-6,12-13,18-19H2,1-2H3/b7-4+. The van der Waals surface area contributed by atoms with E-state index in [-0.39, 0.29) is 28.9 Å². The molecule has 1 aliphatic heterocycles. The van der Waals surface area contributed by atoms with Gasteiger partial charge in [0.15, 0.2) is 23.2 Å². The molecule has 196 valence electrons. The molecule has 37 heavy (non-hydrogen) atoms. The lowest BCUT2D eigenvalue weighted by Crippen LogP contribution is -2.24. The van der Waals surface area contributed by atoms with Gasteiger partial charge in [0, 0.05) is 17.0 Å². The van der Waals surface area contributed by atoms with E-state index in [2.05, 4.69) is 0 Å². The van der Waals surface area contributed by atoms with Crippen molar-refractivity contribution in [3.05, 3.63) is 89.5 Å². The van der Waals surface area contributed by atoms with Gasteiger partial charge in [0.1, 0.15) is 0 Å². The fourth-order valence-corrected chi connectivity index (χ4v) is 4.72. The second-order valence-electron chi connectivity index (χ2n) is 9.37. The maximum Gasteiger partial charge on any atom is 0.201 e. The maximum atomic E-state index is 15.1. The molecule has 1 fully saturated rings. The summed E-state index contributed by atoms with van der Waals surface area (Å²) in [5, 5.41) is 0. The summed E-state index contributed by atoms with van der Waals surface area (Å²) in [6, 6.07) is 12.3. The van der Waals surface area contributed by atoms with Crippen molar-refractivity contribution in [2.45, 2.75) is 58.0 Å². The highest BCUT2D eigenvalue weighted by Gasteiger charge is 2.26. The van der Waals surface area contributed by atoms with Crippen LogP contribution in [0.25, 0.3) is 22.3 Å². The maximum absolute atomic E-state index is 15.1. The third-order valence-corrected chi connectivity index (χ3v) is 6.83. The van der Waals surface area contributed by atoms with E-state index in [9.17, 15) is 8.78 Å². The highest BCUT2D eigenvalue weighted by molar-refractivity contribution is 5.72. The number of hydrogen-bond acceptors (Lipinski definition) is 2. The van der Waals surface area contributed by atoms with Crippen molar-refractivity contribution in [3.63, 3.8) is 0 Å². The number of hydrogen-bond donors (Lipinski definition) is 0. The topological polar surface area (TPSA) is 18.5 Å². The first-order chi connectivity index (χ1) is 17.9. The number of unbranched alkanes of at least 4 members (excludes halogenated alkanes) is 2. The van der Waals surface area contributed by atoms with Gasteiger partial charge in [-0.05, 0) is 55.0 Å². The van der Waals surface area contributed by atoms with Gasteiger partial charge in [-0.2, -0.15) is 4.39 Å². The zero-order chi connectivity index (χ0) is 26.4. The minimum atomic E-state index is -1.04. The van der Waals surface area contributed by atoms with Gasteiger partial charge in [-0.25, -0.2) is 13.2 Å². The summed E-state index contributed by atoms with van der Waals surface area (Å²) >= 11 is 0. The van der Waals surface area contributed by atoms with Crippen LogP contribution in [0, 0.1) is 23.3 Å². The second-order valence-corrected chi connectivity index (χ2v) is 9.37. The Hall–Kier alpha value is -3.12. The van der Waals surface area contributed by atoms with Crippen LogP contribution in [0.4, 0.5) is 17.6 Å². The molecule has 0 N–H and O–H groups in total. The van der Waals surface area contributed by atoms with Gasteiger partial charge in [-0.15, -0.1) is 0 Å². The molecule has 3 aromatic carbocycles. The van der Waals surface area contributed by atoms with Gasteiger partial charge in [0.2, 0.25) is 5.82 Å². The minimum Gasteiger partial charge on any atom is -0.490 e. The highest BCUT2D eigenvalue weighted by Crippen LogP contribution is 2.36. The van der Waals surface area contributed by atoms with E-state index in [1.54, 1.807) is 36.4 Å². The third-order valence-electron chi connectivity index (χ3n) is 6.83. The van der Waals surface area contributed by atoms with Crippen molar-refractivity contribution in [1.82, 2.24) is 0 Å². The van der Waals surface area contributed by atoms with Crippen LogP contribution >= 0.6 is 0 Å². The Morgan fingerprint density at radius 3 is 2.05 bits per heavy atom. The van der Waals surface area contributed by atoms with Crippen molar-refractivity contribution in [3.8, 4) is 28.0 Å². The predicted molar refractivity (Wildman–Crippen MR) is 139 cm³/mol. The Morgan fingerprint density at radius 1 is 0.811 bits per heavy atom. The van der Waals surface area contributed by atoms with Crippen LogP contribution in [0.3, 0.4) is 0 Å². The molecule has 1 saturated heterocycles. The Balaban J connectivity index is 1.50. The summed E-state index contributed by atoms with van der Waals surface area (Å²) in [5.41, 5.74) is 1.35. The highest BCUT2D eigenvalue weighted by atomic mass is 19.2. The molecule has 0 bridgehead atoms. The van der Waals surface area contributed by atoms with E-state index in [1.807, 2.05) is 26.0 Å². The lowest BCUT2D eigenvalue weighted by Gasteiger charge is -2.28. The molecule has 2 unspecified atom stereocenters. The van der Waals surface area contributed by atoms with E-state index in [4.69, 9.17) is 9.47 Å². The second kappa shape index (κ2) is 12.4. The molecule has 0 radical (unpaired) electrons. The normalized spacial score (nSPS) is 17.9. The van der Waals surface area contributed by atoms with Crippen LogP contribution in [0.15, 0.2) is 60.7 Å². The number of rotatable bonds is 9. The van der Waals surface area contributed by atoms with E-state index in [1.165, 1.54) is 12.1 Å². The molecule has 4 rings (SSSR count). The average Bonchev–Trinajstić information content (AvgIpc) is 2.91. The fourth-order valence-electron chi connectivity index (χ4n) is 4.72. The van der Waals surface area contributed by atoms with E-state index in [0.717, 1.165) is 25.7 Å². The van der Waals surface area contributed by atoms with Gasteiger partial charge in [-0.1, -0.05) is 68.3 Å². The lowest BCUT2D eigenvalue weighted by atomic mass is 9.89. The first kappa shape index (κ1) is 26.9. The first-order valence-electron chi connectivity index (χ1n) is 12.9. The molecule has 0 aliphatic carbocycles. The molecule has 2 nitrogen and oxygen atoms in total. The molecule has 2 atom stereocenters. The van der Waals surface area contributed by atoms with Crippen molar-refractivity contribution in [2.24, 2.45) is 0 Å². The monoisotopic (exact) mass is 512 g/mol. The summed E-state index contributed by atoms with van der Waals surface area (Å²) in [6.45, 7) is 4.63. The van der Waals surface area contributed by atoms with Crippen molar-refractivity contribution in [2.75, 3.05) is 13.2 Å². The molecule has 0 spiro atoms. The molecule has 3 aromatic rings. The summed E-state index contributed by atoms with van der Waals surface area (Å²) in [6.07, 6.45) is 8.10. The number of benzene rings is 3. The van der Waals surface area contributed by atoms with Crippen LogP contribution in [-0.2, 0) is 4.74 Å². The predicted octanol–water partition coefficient (Wildman–Crippen LogP) is 8.98. The van der Waals surface area contributed by atoms with Gasteiger partial charge in [-0.3, -0.25) is 0 Å². The molecule has 0 amide bonds. The Morgan fingerprint density at radius 2 is 1.46 bits per heavy atom. The zero-order valence-corrected chi connectivity index (χ0v) is 21.2. The van der Waals surface area contributed by atoms with Crippen molar-refractivity contribution < 1.29 is 27.0 Å². The number of ether oxygens (including phenoxy) is 2. The molecule has 1 aliphatic rings. The summed E-state index contributed by atoms with van der Waals surface area (Å²) < 4.78 is 70.6. The number of allylic oxidation sites excluding steroid dienone is 1. The largest absolute Gasteiger partial charge is 0.490 e. The average molecular weight is 513 g/mol. The smallest absolute Gasteiger partial charge is 0.201 e. The van der Waals surface area contributed by atoms with E-state index < -0.39 is 23.3 Å². The lowest BCUT2D eigenvalue weighted by molar-refractivity contribution is 0.0317. The van der Waals surface area contributed by atoms with Crippen LogP contribution in [0.1, 0.15) is 57.4 Å². The SMILES string of the molecule is C/C=C/C1CCC(c2ccc(-c3ccc(-c4ccc(OCCCCC)c(F)c4F)cc3)c(F)c2F)CO1. The summed E-state index contributed by atoms with van der Waals surface area (Å²) in [4.78, 5) is 0. The quantitative estimate of drug-likeness (QED) is 0.162. The number of halogens is 4. The molecular formula is C31H32F4O2. The van der Waals surface area contributed by atoms with Crippen LogP contribution in [0.2, 0.25) is 0 Å². The van der Waals surface area contributed by atoms with Gasteiger partial charge < -0.3 is 9.47 Å². The summed E-state index contributed by atoms with van der Waals surface area (Å²) in [7, 11) is 0. The zero-order valence-electron chi connectivity index (χ0n) is 21.2. The Bertz CT molecular complexity index is 1230. The van der Waals surface area contributed by atoms with Gasteiger partial charge in [0.05, 0.1) is 19.3 Å². The van der Waals surface area contributed by atoms with Crippen molar-refractivity contribution in [1.29, 1.82) is 0 Å².